The van der Waals surface area contributed by atoms with E-state index in [1.165, 1.54) is 18.2 Å². The number of aryl methyl sites for hydroxylation is 1. The number of amides is 1. The second-order valence-corrected chi connectivity index (χ2v) is 4.88. The van der Waals surface area contributed by atoms with Crippen LogP contribution in [0.1, 0.15) is 29.8 Å². The first kappa shape index (κ1) is 15.1. The minimum absolute atomic E-state index is 0.00966. The van der Waals surface area contributed by atoms with Crippen molar-refractivity contribution in [3.63, 3.8) is 0 Å². The molecule has 0 aromatic heterocycles. The lowest BCUT2D eigenvalue weighted by Gasteiger charge is -2.16. The van der Waals surface area contributed by atoms with Gasteiger partial charge in [0.25, 0.3) is 11.6 Å². The van der Waals surface area contributed by atoms with E-state index in [-0.39, 0.29) is 23.6 Å². The molecule has 0 spiro atoms. The SMILES string of the molecule is Cc1cc(C(=O)NCC(N)C(C)C)ccc1[N+](=O)[O-]. The third-order valence-corrected chi connectivity index (χ3v) is 3.01. The van der Waals surface area contributed by atoms with Crippen molar-refractivity contribution in [2.45, 2.75) is 26.8 Å². The maximum Gasteiger partial charge on any atom is 0.272 e. The number of nitro groups is 1. The lowest BCUT2D eigenvalue weighted by Crippen LogP contribution is -2.40. The molecule has 1 rings (SSSR count). The molecule has 0 aliphatic heterocycles. The van der Waals surface area contributed by atoms with E-state index in [9.17, 15) is 14.9 Å². The molecule has 0 radical (unpaired) electrons. The zero-order valence-corrected chi connectivity index (χ0v) is 11.3. The third kappa shape index (κ3) is 4.03. The van der Waals surface area contributed by atoms with E-state index < -0.39 is 4.92 Å². The molecule has 0 saturated heterocycles. The van der Waals surface area contributed by atoms with E-state index in [1.54, 1.807) is 6.92 Å². The normalized spacial score (nSPS) is 12.3. The minimum atomic E-state index is -0.467. The Morgan fingerprint density at radius 1 is 1.47 bits per heavy atom. The molecule has 1 aromatic carbocycles. The van der Waals surface area contributed by atoms with Crippen LogP contribution in [-0.2, 0) is 0 Å². The first-order chi connectivity index (χ1) is 8.82. The largest absolute Gasteiger partial charge is 0.350 e. The predicted molar refractivity (Wildman–Crippen MR) is 73.0 cm³/mol. The van der Waals surface area contributed by atoms with Crippen molar-refractivity contribution in [3.05, 3.63) is 39.4 Å². The van der Waals surface area contributed by atoms with E-state index in [2.05, 4.69) is 5.32 Å². The molecule has 1 aromatic rings. The molecule has 1 unspecified atom stereocenters. The number of nitro benzene ring substituents is 1. The maximum atomic E-state index is 11.9. The van der Waals surface area contributed by atoms with E-state index >= 15 is 0 Å². The Balaban J connectivity index is 2.73. The average molecular weight is 265 g/mol. The molecule has 0 aliphatic carbocycles. The Labute approximate surface area is 112 Å². The van der Waals surface area contributed by atoms with Gasteiger partial charge in [-0.2, -0.15) is 0 Å². The lowest BCUT2D eigenvalue weighted by molar-refractivity contribution is -0.385. The number of nitrogens with one attached hydrogen (secondary N) is 1. The van der Waals surface area contributed by atoms with E-state index in [1.807, 2.05) is 13.8 Å². The van der Waals surface area contributed by atoms with Crippen molar-refractivity contribution in [1.82, 2.24) is 5.32 Å². The highest BCUT2D eigenvalue weighted by Gasteiger charge is 2.15. The van der Waals surface area contributed by atoms with Crippen LogP contribution in [-0.4, -0.2) is 23.4 Å². The highest BCUT2D eigenvalue weighted by Crippen LogP contribution is 2.18. The zero-order chi connectivity index (χ0) is 14.6. The van der Waals surface area contributed by atoms with Crippen LogP contribution >= 0.6 is 0 Å². The number of rotatable bonds is 5. The average Bonchev–Trinajstić information content (AvgIpc) is 2.34. The summed E-state index contributed by atoms with van der Waals surface area (Å²) in [6.07, 6.45) is 0. The summed E-state index contributed by atoms with van der Waals surface area (Å²) in [6.45, 7) is 5.95. The van der Waals surface area contributed by atoms with Gasteiger partial charge in [0.2, 0.25) is 0 Å². The zero-order valence-electron chi connectivity index (χ0n) is 11.3. The minimum Gasteiger partial charge on any atom is -0.350 e. The fourth-order valence-corrected chi connectivity index (χ4v) is 1.55. The molecule has 19 heavy (non-hydrogen) atoms. The summed E-state index contributed by atoms with van der Waals surface area (Å²) in [5.74, 6) is 0.00740. The summed E-state index contributed by atoms with van der Waals surface area (Å²) in [5.41, 5.74) is 6.71. The maximum absolute atomic E-state index is 11.9. The summed E-state index contributed by atoms with van der Waals surface area (Å²) in [5, 5.41) is 13.4. The molecular weight excluding hydrogens is 246 g/mol. The van der Waals surface area contributed by atoms with Crippen molar-refractivity contribution in [2.24, 2.45) is 11.7 Å². The summed E-state index contributed by atoms with van der Waals surface area (Å²) in [4.78, 5) is 22.1. The Morgan fingerprint density at radius 2 is 2.11 bits per heavy atom. The van der Waals surface area contributed by atoms with Crippen LogP contribution in [0.4, 0.5) is 5.69 Å². The number of hydrogen-bond donors (Lipinski definition) is 2. The van der Waals surface area contributed by atoms with Gasteiger partial charge in [0.15, 0.2) is 0 Å². The standard InChI is InChI=1S/C13H19N3O3/c1-8(2)11(14)7-15-13(17)10-4-5-12(16(18)19)9(3)6-10/h4-6,8,11H,7,14H2,1-3H3,(H,15,17). The molecule has 3 N–H and O–H groups in total. The van der Waals surface area contributed by atoms with E-state index in [0.29, 0.717) is 17.7 Å². The highest BCUT2D eigenvalue weighted by atomic mass is 16.6. The number of carbonyl (C=O) groups is 1. The van der Waals surface area contributed by atoms with Gasteiger partial charge < -0.3 is 11.1 Å². The fourth-order valence-electron chi connectivity index (χ4n) is 1.55. The summed E-state index contributed by atoms with van der Waals surface area (Å²) in [6, 6.07) is 4.19. The lowest BCUT2D eigenvalue weighted by atomic mass is 10.1. The van der Waals surface area contributed by atoms with Crippen molar-refractivity contribution in [2.75, 3.05) is 6.54 Å². The quantitative estimate of drug-likeness (QED) is 0.624. The van der Waals surface area contributed by atoms with Gasteiger partial charge in [0, 0.05) is 29.8 Å². The smallest absolute Gasteiger partial charge is 0.272 e. The van der Waals surface area contributed by atoms with Crippen LogP contribution in [0.15, 0.2) is 18.2 Å². The molecule has 0 saturated carbocycles. The van der Waals surface area contributed by atoms with Gasteiger partial charge in [0.1, 0.15) is 0 Å². The van der Waals surface area contributed by atoms with Gasteiger partial charge in [0.05, 0.1) is 4.92 Å². The second-order valence-electron chi connectivity index (χ2n) is 4.88. The first-order valence-electron chi connectivity index (χ1n) is 6.11. The van der Waals surface area contributed by atoms with Gasteiger partial charge in [-0.1, -0.05) is 13.8 Å². The van der Waals surface area contributed by atoms with Crippen LogP contribution in [0.5, 0.6) is 0 Å². The monoisotopic (exact) mass is 265 g/mol. The topological polar surface area (TPSA) is 98.3 Å². The number of nitrogens with two attached hydrogens (primary N) is 1. The molecule has 0 aliphatic rings. The Bertz CT molecular complexity index is 486. The van der Waals surface area contributed by atoms with Gasteiger partial charge in [-0.3, -0.25) is 14.9 Å². The van der Waals surface area contributed by atoms with Gasteiger partial charge >= 0.3 is 0 Å². The fraction of sp³-hybridized carbons (Fsp3) is 0.462. The number of benzene rings is 1. The first-order valence-corrected chi connectivity index (χ1v) is 6.11. The van der Waals surface area contributed by atoms with Crippen molar-refractivity contribution >= 4 is 11.6 Å². The Hall–Kier alpha value is -1.95. The molecule has 6 heteroatoms. The predicted octanol–water partition coefficient (Wildman–Crippen LogP) is 1.62. The summed E-state index contributed by atoms with van der Waals surface area (Å²) in [7, 11) is 0. The molecule has 1 atom stereocenters. The van der Waals surface area contributed by atoms with Gasteiger partial charge in [-0.15, -0.1) is 0 Å². The van der Waals surface area contributed by atoms with Crippen LogP contribution in [0.3, 0.4) is 0 Å². The molecule has 0 heterocycles. The van der Waals surface area contributed by atoms with Crippen LogP contribution < -0.4 is 11.1 Å². The molecule has 0 fully saturated rings. The summed E-state index contributed by atoms with van der Waals surface area (Å²) < 4.78 is 0. The van der Waals surface area contributed by atoms with E-state index in [4.69, 9.17) is 5.73 Å². The number of hydrogen-bond acceptors (Lipinski definition) is 4. The van der Waals surface area contributed by atoms with Crippen LogP contribution in [0.2, 0.25) is 0 Å². The van der Waals surface area contributed by atoms with Crippen LogP contribution in [0.25, 0.3) is 0 Å². The molecule has 6 nitrogen and oxygen atoms in total. The Kier molecular flexibility index (Phi) is 5.00. The number of nitrogens with zero attached hydrogens (tertiary/aromatic N) is 1. The van der Waals surface area contributed by atoms with E-state index in [0.717, 1.165) is 0 Å². The molecule has 104 valence electrons. The molecule has 1 amide bonds. The molecular formula is C13H19N3O3. The second kappa shape index (κ2) is 6.29. The van der Waals surface area contributed by atoms with Crippen LogP contribution in [0, 0.1) is 23.0 Å². The van der Waals surface area contributed by atoms with Crippen molar-refractivity contribution < 1.29 is 9.72 Å². The third-order valence-electron chi connectivity index (χ3n) is 3.01. The Morgan fingerprint density at radius 3 is 2.58 bits per heavy atom. The molecule has 0 bridgehead atoms. The van der Waals surface area contributed by atoms with Gasteiger partial charge in [-0.05, 0) is 25.0 Å². The van der Waals surface area contributed by atoms with Crippen molar-refractivity contribution in [1.29, 1.82) is 0 Å². The van der Waals surface area contributed by atoms with Gasteiger partial charge in [-0.25, -0.2) is 0 Å². The summed E-state index contributed by atoms with van der Waals surface area (Å²) >= 11 is 0. The number of carbonyl (C=O) groups excluding carboxylic acids is 1. The van der Waals surface area contributed by atoms with Crippen molar-refractivity contribution in [3.8, 4) is 0 Å². The highest BCUT2D eigenvalue weighted by molar-refractivity contribution is 5.94.